The highest BCUT2D eigenvalue weighted by Crippen LogP contribution is 2.16. The van der Waals surface area contributed by atoms with Crippen molar-refractivity contribution < 1.29 is 9.53 Å². The first-order valence-corrected chi connectivity index (χ1v) is 9.82. The van der Waals surface area contributed by atoms with Crippen molar-refractivity contribution >= 4 is 49.9 Å². The lowest BCUT2D eigenvalue weighted by molar-refractivity contribution is -0.118. The van der Waals surface area contributed by atoms with Gasteiger partial charge in [-0.3, -0.25) is 9.59 Å². The average molecular weight is 457 g/mol. The molecule has 140 valence electrons. The van der Waals surface area contributed by atoms with Gasteiger partial charge in [0.2, 0.25) is 4.96 Å². The van der Waals surface area contributed by atoms with Gasteiger partial charge in [0.15, 0.2) is 6.61 Å². The topological polar surface area (TPSA) is 85.6 Å². The van der Waals surface area contributed by atoms with E-state index in [4.69, 9.17) is 4.74 Å². The molecule has 7 nitrogen and oxygen atoms in total. The summed E-state index contributed by atoms with van der Waals surface area (Å²) in [6, 6.07) is 14.5. The van der Waals surface area contributed by atoms with Crippen molar-refractivity contribution in [3.63, 3.8) is 0 Å². The Morgan fingerprint density at radius 1 is 1.25 bits per heavy atom. The van der Waals surface area contributed by atoms with Crippen molar-refractivity contribution in [1.29, 1.82) is 0 Å². The number of anilines is 1. The first-order valence-electron chi connectivity index (χ1n) is 8.21. The third-order valence-corrected chi connectivity index (χ3v) is 5.28. The molecule has 9 heteroatoms. The van der Waals surface area contributed by atoms with Gasteiger partial charge in [0.05, 0.1) is 4.53 Å². The van der Waals surface area contributed by atoms with Crippen molar-refractivity contribution in [2.75, 3.05) is 11.9 Å². The van der Waals surface area contributed by atoms with E-state index in [2.05, 4.69) is 31.3 Å². The number of carbonyl (C=O) groups is 1. The summed E-state index contributed by atoms with van der Waals surface area (Å²) in [7, 11) is 0. The van der Waals surface area contributed by atoms with Crippen LogP contribution in [-0.2, 0) is 4.79 Å². The molecule has 0 aliphatic rings. The lowest BCUT2D eigenvalue weighted by atomic mass is 10.2. The van der Waals surface area contributed by atoms with Gasteiger partial charge in [0, 0.05) is 10.2 Å². The molecule has 1 amide bonds. The molecule has 4 aromatic rings. The highest BCUT2D eigenvalue weighted by Gasteiger charge is 2.06. The summed E-state index contributed by atoms with van der Waals surface area (Å²) in [5.74, 6) is 0.274. The highest BCUT2D eigenvalue weighted by molar-refractivity contribution is 9.10. The molecule has 2 heterocycles. The maximum absolute atomic E-state index is 12.2. The minimum absolute atomic E-state index is 0.122. The Morgan fingerprint density at radius 2 is 2.07 bits per heavy atom. The predicted molar refractivity (Wildman–Crippen MR) is 111 cm³/mol. The van der Waals surface area contributed by atoms with Crippen LogP contribution in [0.25, 0.3) is 11.0 Å². The number of nitrogens with zero attached hydrogens (tertiary/aromatic N) is 3. The molecule has 0 atom stereocenters. The Labute approximate surface area is 171 Å². The van der Waals surface area contributed by atoms with E-state index in [1.165, 1.54) is 22.2 Å². The standard InChI is InChI=1S/C19H13BrN4O3S/c20-13-4-6-14(7-5-13)23-17(25)10-27-15-3-1-2-12(8-15)9-16-18(26)24-19(28-16)21-11-22-24/h1-9,11H,10H2,(H,23,25)/b16-9-. The smallest absolute Gasteiger partial charge is 0.291 e. The van der Waals surface area contributed by atoms with Crippen molar-refractivity contribution in [3.05, 3.63) is 79.8 Å². The van der Waals surface area contributed by atoms with Crippen LogP contribution in [-0.4, -0.2) is 27.1 Å². The Bertz CT molecular complexity index is 1250. The molecule has 0 aliphatic carbocycles. The number of rotatable bonds is 5. The van der Waals surface area contributed by atoms with E-state index in [-0.39, 0.29) is 18.1 Å². The first kappa shape index (κ1) is 18.3. The number of ether oxygens (including phenoxy) is 1. The molecule has 0 unspecified atom stereocenters. The van der Waals surface area contributed by atoms with Crippen LogP contribution in [0.15, 0.2) is 64.1 Å². The van der Waals surface area contributed by atoms with Gasteiger partial charge >= 0.3 is 0 Å². The Balaban J connectivity index is 1.45. The molecule has 0 aliphatic heterocycles. The van der Waals surface area contributed by atoms with E-state index >= 15 is 0 Å². The minimum Gasteiger partial charge on any atom is -0.484 e. The van der Waals surface area contributed by atoms with Gasteiger partial charge in [-0.1, -0.05) is 39.4 Å². The van der Waals surface area contributed by atoms with Crippen LogP contribution >= 0.6 is 27.3 Å². The number of carbonyl (C=O) groups excluding carboxylic acids is 1. The third kappa shape index (κ3) is 4.10. The van der Waals surface area contributed by atoms with Gasteiger partial charge in [-0.2, -0.15) is 9.61 Å². The molecular weight excluding hydrogens is 444 g/mol. The minimum atomic E-state index is -0.260. The number of fused-ring (bicyclic) bond motifs is 1. The summed E-state index contributed by atoms with van der Waals surface area (Å²) >= 11 is 4.61. The van der Waals surface area contributed by atoms with E-state index < -0.39 is 0 Å². The van der Waals surface area contributed by atoms with Crippen LogP contribution in [0.4, 0.5) is 5.69 Å². The van der Waals surface area contributed by atoms with Gasteiger partial charge in [-0.15, -0.1) is 0 Å². The van der Waals surface area contributed by atoms with Crippen LogP contribution in [0.2, 0.25) is 0 Å². The van der Waals surface area contributed by atoms with Crippen molar-refractivity contribution in [1.82, 2.24) is 14.6 Å². The van der Waals surface area contributed by atoms with Gasteiger partial charge < -0.3 is 10.1 Å². The second kappa shape index (κ2) is 7.91. The summed E-state index contributed by atoms with van der Waals surface area (Å²) in [5.41, 5.74) is 1.27. The summed E-state index contributed by atoms with van der Waals surface area (Å²) in [6.45, 7) is -0.122. The van der Waals surface area contributed by atoms with Crippen molar-refractivity contribution in [2.24, 2.45) is 0 Å². The first-order chi connectivity index (χ1) is 13.6. The van der Waals surface area contributed by atoms with E-state index in [0.717, 1.165) is 10.0 Å². The predicted octanol–water partition coefficient (Wildman–Crippen LogP) is 2.48. The number of nitrogens with one attached hydrogen (secondary N) is 1. The molecule has 2 aromatic heterocycles. The summed E-state index contributed by atoms with van der Waals surface area (Å²) in [4.78, 5) is 28.9. The molecule has 4 rings (SSSR count). The van der Waals surface area contributed by atoms with Gasteiger partial charge in [-0.25, -0.2) is 4.98 Å². The van der Waals surface area contributed by atoms with Gasteiger partial charge in [0.1, 0.15) is 12.1 Å². The summed E-state index contributed by atoms with van der Waals surface area (Å²) < 4.78 is 8.30. The summed E-state index contributed by atoms with van der Waals surface area (Å²) in [6.07, 6.45) is 3.10. The zero-order valence-corrected chi connectivity index (χ0v) is 16.7. The quantitative estimate of drug-likeness (QED) is 0.498. The van der Waals surface area contributed by atoms with Crippen LogP contribution in [0.1, 0.15) is 5.56 Å². The largest absolute Gasteiger partial charge is 0.484 e. The molecule has 0 saturated heterocycles. The molecule has 0 fully saturated rings. The second-order valence-electron chi connectivity index (χ2n) is 5.79. The second-order valence-corrected chi connectivity index (χ2v) is 7.71. The average Bonchev–Trinajstić information content (AvgIpc) is 3.26. The van der Waals surface area contributed by atoms with E-state index in [1.54, 1.807) is 36.4 Å². The van der Waals surface area contributed by atoms with E-state index in [0.29, 0.717) is 20.9 Å². The summed E-state index contributed by atoms with van der Waals surface area (Å²) in [5, 5.41) is 6.66. The molecule has 28 heavy (non-hydrogen) atoms. The van der Waals surface area contributed by atoms with Crippen molar-refractivity contribution in [2.45, 2.75) is 0 Å². The fourth-order valence-corrected chi connectivity index (χ4v) is 3.65. The zero-order valence-electron chi connectivity index (χ0n) is 14.3. The van der Waals surface area contributed by atoms with Crippen LogP contribution in [0.5, 0.6) is 5.75 Å². The molecule has 1 N–H and O–H groups in total. The monoisotopic (exact) mass is 456 g/mol. The van der Waals surface area contributed by atoms with Crippen molar-refractivity contribution in [3.8, 4) is 5.75 Å². The number of hydrogen-bond acceptors (Lipinski definition) is 6. The Hall–Kier alpha value is -3.04. The molecule has 0 saturated carbocycles. The Morgan fingerprint density at radius 3 is 2.86 bits per heavy atom. The maximum atomic E-state index is 12.2. The lowest BCUT2D eigenvalue weighted by Gasteiger charge is -2.08. The van der Waals surface area contributed by atoms with Crippen LogP contribution in [0, 0.1) is 0 Å². The Kier molecular flexibility index (Phi) is 5.18. The number of halogens is 1. The number of thiazole rings is 1. The zero-order chi connectivity index (χ0) is 19.5. The molecule has 0 bridgehead atoms. The highest BCUT2D eigenvalue weighted by atomic mass is 79.9. The number of amides is 1. The van der Waals surface area contributed by atoms with Gasteiger partial charge in [-0.05, 0) is 48.0 Å². The van der Waals surface area contributed by atoms with Crippen LogP contribution in [0.3, 0.4) is 0 Å². The number of benzene rings is 2. The van der Waals surface area contributed by atoms with E-state index in [9.17, 15) is 9.59 Å². The lowest BCUT2D eigenvalue weighted by Crippen LogP contribution is -2.23. The molecule has 0 spiro atoms. The molecular formula is C19H13BrN4O3S. The van der Waals surface area contributed by atoms with Gasteiger partial charge in [0.25, 0.3) is 11.5 Å². The number of hydrogen-bond donors (Lipinski definition) is 1. The molecule has 0 radical (unpaired) electrons. The van der Waals surface area contributed by atoms with Crippen LogP contribution < -0.4 is 20.1 Å². The number of aromatic nitrogens is 3. The SMILES string of the molecule is O=C(COc1cccc(/C=c2\sc3ncnn3c2=O)c1)Nc1ccc(Br)cc1. The fraction of sp³-hybridized carbons (Fsp3) is 0.0526. The third-order valence-electron chi connectivity index (χ3n) is 3.77. The van der Waals surface area contributed by atoms with E-state index in [1.807, 2.05) is 18.2 Å². The maximum Gasteiger partial charge on any atom is 0.291 e. The fourth-order valence-electron chi connectivity index (χ4n) is 2.50. The normalized spacial score (nSPS) is 11.7. The molecule has 2 aromatic carbocycles.